The van der Waals surface area contributed by atoms with Crippen LogP contribution in [0.3, 0.4) is 0 Å². The fourth-order valence-electron chi connectivity index (χ4n) is 2.53. The van der Waals surface area contributed by atoms with Crippen molar-refractivity contribution in [2.45, 2.75) is 6.92 Å². The largest absolute Gasteiger partial charge is 0.494 e. The Hall–Kier alpha value is -3.06. The summed E-state index contributed by atoms with van der Waals surface area (Å²) >= 11 is 1.25. The number of thiazole rings is 1. The summed E-state index contributed by atoms with van der Waals surface area (Å²) in [5, 5.41) is 4.32. The van der Waals surface area contributed by atoms with Crippen molar-refractivity contribution in [1.29, 1.82) is 0 Å². The van der Waals surface area contributed by atoms with Crippen molar-refractivity contribution < 1.29 is 9.13 Å². The van der Waals surface area contributed by atoms with Crippen LogP contribution in [0.15, 0.2) is 53.3 Å². The van der Waals surface area contributed by atoms with E-state index >= 15 is 0 Å². The highest BCUT2D eigenvalue weighted by Gasteiger charge is 2.12. The molecular weight excluding hydrogens is 353 g/mol. The number of nitrogens with zero attached hydrogens (tertiary/aromatic N) is 3. The Morgan fingerprint density at radius 2 is 1.88 bits per heavy atom. The molecule has 2 aromatic heterocycles. The second kappa shape index (κ2) is 6.68. The fraction of sp³-hybridized carbons (Fsp3) is 0.105. The molecule has 0 aliphatic rings. The van der Waals surface area contributed by atoms with Gasteiger partial charge in [-0.15, -0.1) is 5.10 Å². The van der Waals surface area contributed by atoms with Crippen LogP contribution in [-0.4, -0.2) is 21.2 Å². The van der Waals surface area contributed by atoms with Gasteiger partial charge in [0.2, 0.25) is 4.96 Å². The summed E-state index contributed by atoms with van der Waals surface area (Å²) in [7, 11) is 0. The van der Waals surface area contributed by atoms with Gasteiger partial charge in [0.05, 0.1) is 11.1 Å². The molecule has 0 N–H and O–H groups in total. The Morgan fingerprint density at radius 3 is 2.54 bits per heavy atom. The highest BCUT2D eigenvalue weighted by atomic mass is 32.1. The highest BCUT2D eigenvalue weighted by molar-refractivity contribution is 7.15. The topological polar surface area (TPSA) is 56.5 Å². The minimum absolute atomic E-state index is 0.237. The second-order valence-corrected chi connectivity index (χ2v) is 6.56. The summed E-state index contributed by atoms with van der Waals surface area (Å²) in [5.74, 6) is 0.954. The molecule has 0 amide bonds. The van der Waals surface area contributed by atoms with Gasteiger partial charge < -0.3 is 4.74 Å². The van der Waals surface area contributed by atoms with E-state index in [4.69, 9.17) is 4.74 Å². The molecule has 0 aliphatic carbocycles. The Balaban J connectivity index is 1.71. The molecule has 0 atom stereocenters. The van der Waals surface area contributed by atoms with Gasteiger partial charge in [0, 0.05) is 5.56 Å². The first-order chi connectivity index (χ1) is 12.6. The highest BCUT2D eigenvalue weighted by Crippen LogP contribution is 2.20. The minimum Gasteiger partial charge on any atom is -0.494 e. The van der Waals surface area contributed by atoms with E-state index in [1.165, 1.54) is 28.0 Å². The monoisotopic (exact) mass is 367 g/mol. The van der Waals surface area contributed by atoms with Gasteiger partial charge in [-0.2, -0.15) is 9.50 Å². The van der Waals surface area contributed by atoms with Crippen LogP contribution in [-0.2, 0) is 0 Å². The molecule has 5 nitrogen and oxygen atoms in total. The standard InChI is InChI=1S/C19H14FN3O2S/c1-2-25-15-9-5-13(6-10-15)17-21-19-23(22-17)18(24)16(26-19)11-12-3-7-14(20)8-4-12/h3-11H,2H2,1H3. The molecule has 2 heterocycles. The Bertz CT molecular complexity index is 1160. The summed E-state index contributed by atoms with van der Waals surface area (Å²) in [6.07, 6.45) is 1.71. The molecule has 0 spiro atoms. The average Bonchev–Trinajstić information content (AvgIpc) is 3.18. The lowest BCUT2D eigenvalue weighted by Gasteiger charge is -2.02. The van der Waals surface area contributed by atoms with Crippen LogP contribution >= 0.6 is 11.3 Å². The van der Waals surface area contributed by atoms with Crippen molar-refractivity contribution in [1.82, 2.24) is 14.6 Å². The van der Waals surface area contributed by atoms with Crippen molar-refractivity contribution in [2.24, 2.45) is 0 Å². The molecule has 0 bridgehead atoms. The first-order valence-corrected chi connectivity index (χ1v) is 8.86. The number of rotatable bonds is 4. The van der Waals surface area contributed by atoms with Crippen molar-refractivity contribution in [3.05, 3.63) is 74.8 Å². The van der Waals surface area contributed by atoms with E-state index in [-0.39, 0.29) is 11.4 Å². The van der Waals surface area contributed by atoms with Crippen LogP contribution in [0.25, 0.3) is 22.4 Å². The Labute approximate surface area is 152 Å². The Kier molecular flexibility index (Phi) is 4.22. The van der Waals surface area contributed by atoms with Crippen molar-refractivity contribution in [2.75, 3.05) is 6.61 Å². The van der Waals surface area contributed by atoms with E-state index in [1.54, 1.807) is 18.2 Å². The third kappa shape index (κ3) is 3.09. The van der Waals surface area contributed by atoms with E-state index in [0.29, 0.717) is 21.9 Å². The first-order valence-electron chi connectivity index (χ1n) is 8.04. The summed E-state index contributed by atoms with van der Waals surface area (Å²) in [6.45, 7) is 2.53. The van der Waals surface area contributed by atoms with Gasteiger partial charge in [0.1, 0.15) is 11.6 Å². The van der Waals surface area contributed by atoms with Gasteiger partial charge in [-0.05, 0) is 55.0 Å². The predicted octanol–water partition coefficient (Wildman–Crippen LogP) is 2.90. The number of ether oxygens (including phenoxy) is 1. The lowest BCUT2D eigenvalue weighted by Crippen LogP contribution is -2.23. The van der Waals surface area contributed by atoms with Crippen LogP contribution < -0.4 is 14.8 Å². The zero-order valence-corrected chi connectivity index (χ0v) is 14.7. The number of halogens is 1. The van der Waals surface area contributed by atoms with Crippen LogP contribution in [0.4, 0.5) is 4.39 Å². The number of hydrogen-bond acceptors (Lipinski definition) is 5. The van der Waals surface area contributed by atoms with Crippen molar-refractivity contribution in [3.63, 3.8) is 0 Å². The van der Waals surface area contributed by atoms with Crippen LogP contribution in [0.5, 0.6) is 5.75 Å². The molecule has 130 valence electrons. The first kappa shape index (κ1) is 16.4. The smallest absolute Gasteiger partial charge is 0.291 e. The summed E-state index contributed by atoms with van der Waals surface area (Å²) < 4.78 is 20.2. The number of fused-ring (bicyclic) bond motifs is 1. The molecule has 4 aromatic rings. The molecule has 4 rings (SSSR count). The van der Waals surface area contributed by atoms with Crippen LogP contribution in [0.2, 0.25) is 0 Å². The summed E-state index contributed by atoms with van der Waals surface area (Å²) in [5.41, 5.74) is 1.33. The second-order valence-electron chi connectivity index (χ2n) is 5.55. The van der Waals surface area contributed by atoms with Crippen molar-refractivity contribution >= 4 is 22.4 Å². The molecule has 7 heteroatoms. The zero-order valence-electron chi connectivity index (χ0n) is 13.8. The number of hydrogen-bond donors (Lipinski definition) is 0. The van der Waals surface area contributed by atoms with Crippen molar-refractivity contribution in [3.8, 4) is 17.1 Å². The third-order valence-electron chi connectivity index (χ3n) is 3.77. The normalized spacial score (nSPS) is 12.0. The van der Waals surface area contributed by atoms with E-state index in [9.17, 15) is 9.18 Å². The lowest BCUT2D eigenvalue weighted by molar-refractivity contribution is 0.340. The molecule has 0 saturated carbocycles. The molecule has 26 heavy (non-hydrogen) atoms. The van der Waals surface area contributed by atoms with Crippen LogP contribution in [0.1, 0.15) is 12.5 Å². The molecular formula is C19H14FN3O2S. The van der Waals surface area contributed by atoms with E-state index in [0.717, 1.165) is 16.9 Å². The van der Waals surface area contributed by atoms with E-state index in [2.05, 4.69) is 10.1 Å². The molecule has 0 aliphatic heterocycles. The Morgan fingerprint density at radius 1 is 1.15 bits per heavy atom. The maximum atomic E-state index is 13.0. The fourth-order valence-corrected chi connectivity index (χ4v) is 3.44. The summed E-state index contributed by atoms with van der Waals surface area (Å²) in [6, 6.07) is 13.4. The van der Waals surface area contributed by atoms with Gasteiger partial charge in [0.15, 0.2) is 5.82 Å². The van der Waals surface area contributed by atoms with Crippen LogP contribution in [0, 0.1) is 5.82 Å². The molecule has 2 aromatic carbocycles. The van der Waals surface area contributed by atoms with Gasteiger partial charge in [0.25, 0.3) is 5.56 Å². The third-order valence-corrected chi connectivity index (χ3v) is 4.73. The number of benzene rings is 2. The van der Waals surface area contributed by atoms with Gasteiger partial charge in [-0.1, -0.05) is 23.5 Å². The van der Waals surface area contributed by atoms with E-state index in [1.807, 2.05) is 31.2 Å². The molecule has 0 fully saturated rings. The quantitative estimate of drug-likeness (QED) is 0.557. The SMILES string of the molecule is CCOc1ccc(-c2nc3sc(=Cc4ccc(F)cc4)c(=O)n3n2)cc1. The van der Waals surface area contributed by atoms with E-state index < -0.39 is 0 Å². The number of aromatic nitrogens is 3. The van der Waals surface area contributed by atoms with Gasteiger partial charge >= 0.3 is 0 Å². The average molecular weight is 367 g/mol. The maximum absolute atomic E-state index is 13.0. The predicted molar refractivity (Wildman–Crippen MR) is 98.9 cm³/mol. The van der Waals surface area contributed by atoms with Gasteiger partial charge in [-0.3, -0.25) is 4.79 Å². The minimum atomic E-state index is -0.313. The molecule has 0 radical (unpaired) electrons. The lowest BCUT2D eigenvalue weighted by atomic mass is 10.2. The molecule has 0 unspecified atom stereocenters. The molecule has 0 saturated heterocycles. The van der Waals surface area contributed by atoms with Gasteiger partial charge in [-0.25, -0.2) is 4.39 Å². The maximum Gasteiger partial charge on any atom is 0.291 e. The zero-order chi connectivity index (χ0) is 18.1. The summed E-state index contributed by atoms with van der Waals surface area (Å²) in [4.78, 5) is 17.5.